The summed E-state index contributed by atoms with van der Waals surface area (Å²) in [5.41, 5.74) is 6.27. The summed E-state index contributed by atoms with van der Waals surface area (Å²) >= 11 is 7.15. The Kier molecular flexibility index (Phi) is 7.27. The average molecular weight is 539 g/mol. The maximum Gasteiger partial charge on any atom is 0.176 e. The lowest BCUT2D eigenvalue weighted by molar-refractivity contribution is 0.437. The van der Waals surface area contributed by atoms with Crippen LogP contribution in [0.25, 0.3) is 0 Å². The highest BCUT2D eigenvalue weighted by Crippen LogP contribution is 2.25. The predicted octanol–water partition coefficient (Wildman–Crippen LogP) is 4.77. The fraction of sp³-hybridized carbons (Fsp3) is 0. The molecule has 0 radical (unpaired) electrons. The first-order valence-corrected chi connectivity index (χ1v) is 7.85. The van der Waals surface area contributed by atoms with E-state index in [1.807, 2.05) is 30.3 Å². The number of rotatable bonds is 1. The fourth-order valence-electron chi connectivity index (χ4n) is 1.18. The van der Waals surface area contributed by atoms with Crippen molar-refractivity contribution in [3.05, 3.63) is 66.3 Å². The van der Waals surface area contributed by atoms with E-state index >= 15 is 0 Å². The Morgan fingerprint density at radius 2 is 1.14 bits per heavy atom. The van der Waals surface area contributed by atoms with E-state index in [1.165, 1.54) is 45.2 Å². The van der Waals surface area contributed by atoms with Crippen LogP contribution in [0, 0.1) is 30.4 Å². The van der Waals surface area contributed by atoms with E-state index in [0.29, 0.717) is 4.99 Å². The second-order valence-electron chi connectivity index (χ2n) is 3.61. The fourth-order valence-corrected chi connectivity index (χ4v) is 2.26. The topological polar surface area (TPSA) is 26.0 Å². The molecule has 2 rings (SSSR count). The molecule has 0 aliphatic rings. The molecule has 0 spiro atoms. The lowest BCUT2D eigenvalue weighted by Crippen LogP contribution is -2.08. The molecule has 0 fully saturated rings. The van der Waals surface area contributed by atoms with Crippen LogP contribution in [0.15, 0.2) is 30.3 Å². The van der Waals surface area contributed by atoms with Crippen molar-refractivity contribution >= 4 is 62.4 Å². The van der Waals surface area contributed by atoms with Crippen molar-refractivity contribution in [3.63, 3.8) is 0 Å². The molecule has 2 aromatic rings. The Morgan fingerprint density at radius 3 is 1.38 bits per heavy atom. The molecule has 0 aliphatic heterocycles. The minimum absolute atomic E-state index is 0.454. The Hall–Kier alpha value is -0.490. The summed E-state index contributed by atoms with van der Waals surface area (Å²) in [7, 11) is 0. The van der Waals surface area contributed by atoms with E-state index in [0.717, 1.165) is 5.56 Å². The van der Waals surface area contributed by atoms with Crippen molar-refractivity contribution in [1.29, 1.82) is 0 Å². The highest BCUT2D eigenvalue weighted by atomic mass is 127. The summed E-state index contributed by atoms with van der Waals surface area (Å²) < 4.78 is 49.2. The number of hydrogen-bond acceptors (Lipinski definition) is 1. The van der Waals surface area contributed by atoms with Gasteiger partial charge in [-0.3, -0.25) is 0 Å². The van der Waals surface area contributed by atoms with Gasteiger partial charge >= 0.3 is 0 Å². The van der Waals surface area contributed by atoms with Crippen LogP contribution in [0.5, 0.6) is 0 Å². The summed E-state index contributed by atoms with van der Waals surface area (Å²) in [4.78, 5) is 0.454. The largest absolute Gasteiger partial charge is 0.389 e. The second-order valence-corrected chi connectivity index (χ2v) is 6.21. The van der Waals surface area contributed by atoms with Crippen LogP contribution in [-0.2, 0) is 0 Å². The van der Waals surface area contributed by atoms with Crippen molar-refractivity contribution in [1.82, 2.24) is 0 Å². The van der Waals surface area contributed by atoms with E-state index in [4.69, 9.17) is 18.0 Å². The number of thiocarbonyl (C=S) groups is 1. The Labute approximate surface area is 151 Å². The molecule has 0 bridgehead atoms. The van der Waals surface area contributed by atoms with Gasteiger partial charge in [-0.25, -0.2) is 17.6 Å². The van der Waals surface area contributed by atoms with Gasteiger partial charge in [-0.1, -0.05) is 42.5 Å². The van der Waals surface area contributed by atoms with Gasteiger partial charge in [0.25, 0.3) is 0 Å². The molecule has 0 heterocycles. The van der Waals surface area contributed by atoms with Gasteiger partial charge in [0, 0.05) is 5.56 Å². The van der Waals surface area contributed by atoms with Gasteiger partial charge in [0.2, 0.25) is 0 Å². The van der Waals surface area contributed by atoms with Crippen LogP contribution in [0.1, 0.15) is 5.56 Å². The van der Waals surface area contributed by atoms with E-state index < -0.39 is 30.4 Å². The molecule has 0 unspecified atom stereocenters. The molecule has 0 saturated carbocycles. The summed E-state index contributed by atoms with van der Waals surface area (Å²) in [6.45, 7) is 0. The summed E-state index contributed by atoms with van der Waals surface area (Å²) in [5.74, 6) is -5.39. The number of hydrogen-bond donors (Lipinski definition) is 1. The van der Waals surface area contributed by atoms with Crippen LogP contribution < -0.4 is 5.73 Å². The van der Waals surface area contributed by atoms with Gasteiger partial charge in [0.15, 0.2) is 23.3 Å². The SMILES string of the molecule is Fc1c(F)c(I)c(F)c(F)c1I.NC(=S)c1ccccc1. The predicted molar refractivity (Wildman–Crippen MR) is 94.0 cm³/mol. The Morgan fingerprint density at radius 1 is 0.810 bits per heavy atom. The van der Waals surface area contributed by atoms with Crippen LogP contribution in [0.3, 0.4) is 0 Å². The first kappa shape index (κ1) is 18.6. The highest BCUT2D eigenvalue weighted by molar-refractivity contribution is 14.1. The Balaban J connectivity index is 0.000000219. The first-order chi connectivity index (χ1) is 9.77. The Bertz CT molecular complexity index is 560. The molecule has 2 aromatic carbocycles. The third-order valence-electron chi connectivity index (χ3n) is 2.21. The lowest BCUT2D eigenvalue weighted by Gasteiger charge is -2.02. The van der Waals surface area contributed by atoms with Crippen LogP contribution >= 0.6 is 57.4 Å². The quantitative estimate of drug-likeness (QED) is 0.186. The van der Waals surface area contributed by atoms with Gasteiger partial charge in [0.1, 0.15) is 4.99 Å². The number of benzene rings is 2. The van der Waals surface area contributed by atoms with Crippen LogP contribution in [0.2, 0.25) is 0 Å². The molecular formula is C13H7F4I2NS. The van der Waals surface area contributed by atoms with Gasteiger partial charge in [-0.05, 0) is 45.2 Å². The maximum absolute atomic E-state index is 12.6. The standard InChI is InChI=1S/C7H7NS.C6F4I2/c8-7(9)6-4-2-1-3-5-6;7-1-2(8)6(12)4(10)3(9)5(1)11/h1-5H,(H2,8,9);. The normalized spacial score (nSPS) is 9.81. The van der Waals surface area contributed by atoms with Gasteiger partial charge in [-0.15, -0.1) is 0 Å². The van der Waals surface area contributed by atoms with E-state index in [9.17, 15) is 17.6 Å². The van der Waals surface area contributed by atoms with Crippen molar-refractivity contribution in [3.8, 4) is 0 Å². The van der Waals surface area contributed by atoms with E-state index in [2.05, 4.69) is 0 Å². The van der Waals surface area contributed by atoms with E-state index in [-0.39, 0.29) is 0 Å². The molecule has 112 valence electrons. The smallest absolute Gasteiger partial charge is 0.176 e. The minimum Gasteiger partial charge on any atom is -0.389 e. The maximum atomic E-state index is 12.6. The van der Waals surface area contributed by atoms with Crippen molar-refractivity contribution < 1.29 is 17.6 Å². The average Bonchev–Trinajstić information content (AvgIpc) is 2.50. The first-order valence-electron chi connectivity index (χ1n) is 5.29. The molecule has 0 aliphatic carbocycles. The van der Waals surface area contributed by atoms with Crippen LogP contribution in [0.4, 0.5) is 17.6 Å². The lowest BCUT2D eigenvalue weighted by atomic mass is 10.2. The summed E-state index contributed by atoms with van der Waals surface area (Å²) in [6, 6.07) is 9.54. The zero-order valence-corrected chi connectivity index (χ0v) is 15.3. The molecular weight excluding hydrogens is 532 g/mol. The third-order valence-corrected chi connectivity index (χ3v) is 4.34. The number of halogens is 6. The molecule has 1 nitrogen and oxygen atoms in total. The van der Waals surface area contributed by atoms with E-state index in [1.54, 1.807) is 0 Å². The zero-order chi connectivity index (χ0) is 16.2. The van der Waals surface area contributed by atoms with Crippen molar-refractivity contribution in [2.75, 3.05) is 0 Å². The summed E-state index contributed by atoms with van der Waals surface area (Å²) in [6.07, 6.45) is 0. The third kappa shape index (κ3) is 4.74. The monoisotopic (exact) mass is 539 g/mol. The highest BCUT2D eigenvalue weighted by Gasteiger charge is 2.21. The van der Waals surface area contributed by atoms with Crippen LogP contribution in [-0.4, -0.2) is 4.99 Å². The van der Waals surface area contributed by atoms with Crippen molar-refractivity contribution in [2.24, 2.45) is 5.73 Å². The molecule has 0 aromatic heterocycles. The molecule has 2 N–H and O–H groups in total. The van der Waals surface area contributed by atoms with Gasteiger partial charge in [0.05, 0.1) is 7.14 Å². The molecule has 8 heteroatoms. The molecule has 0 atom stereocenters. The second kappa shape index (κ2) is 8.22. The summed E-state index contributed by atoms with van der Waals surface area (Å²) in [5, 5.41) is 0. The van der Waals surface area contributed by atoms with Gasteiger partial charge in [-0.2, -0.15) is 0 Å². The van der Waals surface area contributed by atoms with Crippen molar-refractivity contribution in [2.45, 2.75) is 0 Å². The molecule has 0 saturated heterocycles. The molecule has 0 amide bonds. The minimum atomic E-state index is -1.35. The zero-order valence-electron chi connectivity index (χ0n) is 10.1. The van der Waals surface area contributed by atoms with Gasteiger partial charge < -0.3 is 5.73 Å². The molecule has 21 heavy (non-hydrogen) atoms. The number of nitrogens with two attached hydrogens (primary N) is 1.